The molecule has 104 valence electrons. The van der Waals surface area contributed by atoms with Gasteiger partial charge in [-0.3, -0.25) is 0 Å². The predicted octanol–water partition coefficient (Wildman–Crippen LogP) is 1.68. The highest BCUT2D eigenvalue weighted by Gasteiger charge is 2.18. The number of pyridine rings is 1. The highest BCUT2D eigenvalue weighted by Crippen LogP contribution is 2.36. The third kappa shape index (κ3) is 1.86. The molecule has 2 aromatic rings. The van der Waals surface area contributed by atoms with Crippen molar-refractivity contribution in [3.8, 4) is 11.5 Å². The van der Waals surface area contributed by atoms with Gasteiger partial charge in [-0.05, 0) is 24.6 Å². The fraction of sp³-hybridized carbons (Fsp3) is 0.400. The van der Waals surface area contributed by atoms with Crippen LogP contribution < -0.4 is 19.7 Å². The Labute approximate surface area is 117 Å². The summed E-state index contributed by atoms with van der Waals surface area (Å²) in [6.07, 6.45) is 0. The van der Waals surface area contributed by atoms with Crippen molar-refractivity contribution in [1.29, 1.82) is 0 Å². The maximum Gasteiger partial charge on any atom is 0.231 e. The number of ether oxygens (including phenoxy) is 2. The van der Waals surface area contributed by atoms with E-state index >= 15 is 0 Å². The molecule has 0 radical (unpaired) electrons. The summed E-state index contributed by atoms with van der Waals surface area (Å²) in [6, 6.07) is 6.17. The summed E-state index contributed by atoms with van der Waals surface area (Å²) in [4.78, 5) is 7.18. The summed E-state index contributed by atoms with van der Waals surface area (Å²) in [5.41, 5.74) is 2.17. The lowest BCUT2D eigenvalue weighted by Crippen LogP contribution is -2.44. The monoisotopic (exact) mass is 271 g/mol. The Morgan fingerprint density at radius 2 is 1.85 bits per heavy atom. The van der Waals surface area contributed by atoms with Gasteiger partial charge >= 0.3 is 0 Å². The van der Waals surface area contributed by atoms with Gasteiger partial charge in [0.1, 0.15) is 5.82 Å². The predicted molar refractivity (Wildman–Crippen MR) is 77.7 cm³/mol. The van der Waals surface area contributed by atoms with E-state index in [4.69, 9.17) is 14.5 Å². The molecule has 5 heteroatoms. The van der Waals surface area contributed by atoms with Gasteiger partial charge in [-0.1, -0.05) is 0 Å². The number of aromatic nitrogens is 1. The molecule has 4 rings (SSSR count). The van der Waals surface area contributed by atoms with Crippen LogP contribution in [0.15, 0.2) is 18.2 Å². The molecular formula is C15H17N3O2. The van der Waals surface area contributed by atoms with Gasteiger partial charge in [-0.25, -0.2) is 4.98 Å². The average molecular weight is 271 g/mol. The van der Waals surface area contributed by atoms with E-state index in [0.29, 0.717) is 6.79 Å². The van der Waals surface area contributed by atoms with Gasteiger partial charge in [0.15, 0.2) is 11.5 Å². The molecule has 0 unspecified atom stereocenters. The Bertz CT molecular complexity index is 666. The molecule has 0 aliphatic carbocycles. The van der Waals surface area contributed by atoms with E-state index < -0.39 is 0 Å². The lowest BCUT2D eigenvalue weighted by atomic mass is 10.1. The Kier molecular flexibility index (Phi) is 2.67. The summed E-state index contributed by atoms with van der Waals surface area (Å²) < 4.78 is 10.9. The van der Waals surface area contributed by atoms with Gasteiger partial charge in [-0.2, -0.15) is 0 Å². The van der Waals surface area contributed by atoms with Gasteiger partial charge in [-0.15, -0.1) is 0 Å². The molecule has 5 nitrogen and oxygen atoms in total. The molecule has 1 aromatic heterocycles. The number of aryl methyl sites for hydroxylation is 1. The van der Waals surface area contributed by atoms with E-state index in [1.165, 1.54) is 5.56 Å². The molecule has 3 heterocycles. The Balaban J connectivity index is 1.82. The van der Waals surface area contributed by atoms with Crippen LogP contribution in [0.25, 0.3) is 10.9 Å². The minimum absolute atomic E-state index is 0.301. The second-order valence-corrected chi connectivity index (χ2v) is 5.26. The first-order valence-corrected chi connectivity index (χ1v) is 6.98. The number of piperazine rings is 1. The number of rotatable bonds is 1. The molecule has 0 spiro atoms. The smallest absolute Gasteiger partial charge is 0.231 e. The zero-order chi connectivity index (χ0) is 13.5. The summed E-state index contributed by atoms with van der Waals surface area (Å²) in [5, 5.41) is 4.47. The van der Waals surface area contributed by atoms with Crippen LogP contribution in [0.5, 0.6) is 11.5 Å². The maximum absolute atomic E-state index is 5.44. The zero-order valence-corrected chi connectivity index (χ0v) is 11.5. The van der Waals surface area contributed by atoms with Crippen molar-refractivity contribution in [2.45, 2.75) is 6.92 Å². The number of hydrogen-bond donors (Lipinski definition) is 1. The summed E-state index contributed by atoms with van der Waals surface area (Å²) in [7, 11) is 0. The molecular weight excluding hydrogens is 254 g/mol. The van der Waals surface area contributed by atoms with Crippen LogP contribution in [0.2, 0.25) is 0 Å². The minimum atomic E-state index is 0.301. The number of anilines is 1. The second kappa shape index (κ2) is 4.52. The normalized spacial score (nSPS) is 17.8. The SMILES string of the molecule is Cc1cc2cc3c(cc2nc1N1CCNCC1)OCO3. The quantitative estimate of drug-likeness (QED) is 0.855. The van der Waals surface area contributed by atoms with Crippen molar-refractivity contribution in [3.63, 3.8) is 0 Å². The Morgan fingerprint density at radius 3 is 2.65 bits per heavy atom. The third-order valence-corrected chi connectivity index (χ3v) is 3.89. The molecule has 1 aromatic carbocycles. The summed E-state index contributed by atoms with van der Waals surface area (Å²) in [6.45, 7) is 6.46. The number of fused-ring (bicyclic) bond motifs is 2. The minimum Gasteiger partial charge on any atom is -0.454 e. The van der Waals surface area contributed by atoms with Crippen LogP contribution in [0.4, 0.5) is 5.82 Å². The second-order valence-electron chi connectivity index (χ2n) is 5.26. The first-order chi connectivity index (χ1) is 9.81. The highest BCUT2D eigenvalue weighted by molar-refractivity contribution is 5.85. The van der Waals surface area contributed by atoms with Crippen molar-refractivity contribution in [2.24, 2.45) is 0 Å². The molecule has 0 atom stereocenters. The van der Waals surface area contributed by atoms with Crippen LogP contribution in [0.1, 0.15) is 5.56 Å². The molecule has 1 N–H and O–H groups in total. The molecule has 0 bridgehead atoms. The van der Waals surface area contributed by atoms with Crippen LogP contribution in [-0.2, 0) is 0 Å². The van der Waals surface area contributed by atoms with Crippen LogP contribution in [0.3, 0.4) is 0 Å². The van der Waals surface area contributed by atoms with E-state index in [-0.39, 0.29) is 0 Å². The largest absolute Gasteiger partial charge is 0.454 e. The topological polar surface area (TPSA) is 46.6 Å². The molecule has 0 amide bonds. The van der Waals surface area contributed by atoms with Crippen molar-refractivity contribution >= 4 is 16.7 Å². The molecule has 2 aliphatic heterocycles. The van der Waals surface area contributed by atoms with E-state index in [1.807, 2.05) is 12.1 Å². The van der Waals surface area contributed by atoms with E-state index in [2.05, 4.69) is 23.2 Å². The van der Waals surface area contributed by atoms with E-state index in [0.717, 1.165) is 54.4 Å². The number of hydrogen-bond acceptors (Lipinski definition) is 5. The summed E-state index contributed by atoms with van der Waals surface area (Å²) in [5.74, 6) is 2.69. The van der Waals surface area contributed by atoms with Gasteiger partial charge in [0.05, 0.1) is 5.52 Å². The van der Waals surface area contributed by atoms with Crippen molar-refractivity contribution in [2.75, 3.05) is 37.9 Å². The van der Waals surface area contributed by atoms with E-state index in [9.17, 15) is 0 Å². The number of nitrogens with one attached hydrogen (secondary N) is 1. The maximum atomic E-state index is 5.44. The lowest BCUT2D eigenvalue weighted by Gasteiger charge is -2.29. The fourth-order valence-corrected chi connectivity index (χ4v) is 2.86. The van der Waals surface area contributed by atoms with Crippen molar-refractivity contribution in [1.82, 2.24) is 10.3 Å². The number of nitrogens with zero attached hydrogens (tertiary/aromatic N) is 2. The van der Waals surface area contributed by atoms with Crippen molar-refractivity contribution < 1.29 is 9.47 Å². The van der Waals surface area contributed by atoms with Crippen molar-refractivity contribution in [3.05, 3.63) is 23.8 Å². The summed E-state index contributed by atoms with van der Waals surface area (Å²) >= 11 is 0. The van der Waals surface area contributed by atoms with Gasteiger partial charge in [0.2, 0.25) is 6.79 Å². The van der Waals surface area contributed by atoms with Gasteiger partial charge in [0, 0.05) is 37.6 Å². The Hall–Kier alpha value is -2.01. The first kappa shape index (κ1) is 11.8. The van der Waals surface area contributed by atoms with Crippen LogP contribution in [0, 0.1) is 6.92 Å². The average Bonchev–Trinajstić information content (AvgIpc) is 2.92. The standard InChI is InChI=1S/C15H17N3O2/c1-10-6-11-7-13-14(20-9-19-13)8-12(11)17-15(10)18-4-2-16-3-5-18/h6-8,16H,2-5,9H2,1H3. The third-order valence-electron chi connectivity index (χ3n) is 3.89. The van der Waals surface area contributed by atoms with E-state index in [1.54, 1.807) is 0 Å². The van der Waals surface area contributed by atoms with Crippen LogP contribution in [-0.4, -0.2) is 38.0 Å². The Morgan fingerprint density at radius 1 is 1.10 bits per heavy atom. The zero-order valence-electron chi connectivity index (χ0n) is 11.5. The first-order valence-electron chi connectivity index (χ1n) is 6.98. The molecule has 1 saturated heterocycles. The fourth-order valence-electron chi connectivity index (χ4n) is 2.86. The lowest BCUT2D eigenvalue weighted by molar-refractivity contribution is 0.174. The number of benzene rings is 1. The molecule has 2 aliphatic rings. The van der Waals surface area contributed by atoms with Crippen LogP contribution >= 0.6 is 0 Å². The van der Waals surface area contributed by atoms with Gasteiger partial charge < -0.3 is 19.7 Å². The molecule has 20 heavy (non-hydrogen) atoms. The van der Waals surface area contributed by atoms with Gasteiger partial charge in [0.25, 0.3) is 0 Å². The molecule has 0 saturated carbocycles. The highest BCUT2D eigenvalue weighted by atomic mass is 16.7. The molecule has 1 fully saturated rings.